The molecule has 11 amide bonds. The first kappa shape index (κ1) is 55.1. The standard InChI is InChI=1S/C45H69N11O12S/c1-6-25(4)38-44(66)51-28(15-16-34(46)57)40(62)52-31(21-35(47)58)41(63)54-32(23-69-18-8-10-37(60)50-30(42(64)55-38)20-26-11-13-27(68-5)14-12-26)45(67)56-17-7-9-33(56)43(65)53-29(19-24(2)3)39(61)49-22-36(48)59/h11-14,24-25,28-33,38H,6-10,15-23H2,1-5H3,(H2,46,57)(H2,47,58)(H2,48,59)(H,49,61)(H,50,60)(H,51,66)(H,52,62)(H,53,65)(H,54,63)(H,55,64)/t25?,28?,29?,30?,31?,32?,33?,38-/m1/s1/i38D. The number of thioether (sulfide) groups is 1. The number of carbonyl (C=O) groups excluding carboxylic acids is 11. The van der Waals surface area contributed by atoms with Crippen LogP contribution in [0.5, 0.6) is 5.75 Å². The summed E-state index contributed by atoms with van der Waals surface area (Å²) in [7, 11) is 1.48. The Morgan fingerprint density at radius 2 is 1.49 bits per heavy atom. The van der Waals surface area contributed by atoms with E-state index in [0.29, 0.717) is 17.7 Å². The number of benzene rings is 1. The van der Waals surface area contributed by atoms with Crippen molar-refractivity contribution in [3.63, 3.8) is 0 Å². The van der Waals surface area contributed by atoms with Crippen LogP contribution in [-0.4, -0.2) is 144 Å². The van der Waals surface area contributed by atoms with Crippen molar-refractivity contribution in [1.29, 1.82) is 0 Å². The zero-order valence-electron chi connectivity index (χ0n) is 40.8. The number of nitrogens with zero attached hydrogens (tertiary/aromatic N) is 1. The van der Waals surface area contributed by atoms with Crippen molar-refractivity contribution in [2.24, 2.45) is 29.0 Å². The van der Waals surface area contributed by atoms with Gasteiger partial charge < -0.3 is 64.1 Å². The molecule has 2 heterocycles. The second kappa shape index (κ2) is 28.1. The van der Waals surface area contributed by atoms with Crippen molar-refractivity contribution in [2.75, 3.05) is 31.7 Å². The zero-order chi connectivity index (χ0) is 52.3. The predicted molar refractivity (Wildman–Crippen MR) is 253 cm³/mol. The van der Waals surface area contributed by atoms with E-state index in [-0.39, 0.29) is 62.5 Å². The SMILES string of the molecule is [2H][C@]1(C(C)CC)NC(=O)C(Cc2ccc(OC)cc2)NC(=O)CCCSCC(C(=O)N2CCCC2C(=O)NC(CC(C)C)C(=O)NCC(N)=O)NC(=O)C(CC(N)=O)NC(=O)C(CCC(N)=O)NC1=O. The molecule has 8 atom stereocenters. The van der Waals surface area contributed by atoms with Crippen LogP contribution in [-0.2, 0) is 59.2 Å². The van der Waals surface area contributed by atoms with E-state index in [1.54, 1.807) is 31.2 Å². The number of nitrogens with two attached hydrogens (primary N) is 3. The smallest absolute Gasteiger partial charge is 0.246 e. The maximum Gasteiger partial charge on any atom is 0.246 e. The molecule has 2 aliphatic rings. The molecule has 2 fully saturated rings. The van der Waals surface area contributed by atoms with Gasteiger partial charge in [-0.25, -0.2) is 0 Å². The Kier molecular flexibility index (Phi) is 22.5. The van der Waals surface area contributed by atoms with Gasteiger partial charge in [0, 0.05) is 31.6 Å². The molecule has 3 rings (SSSR count). The molecule has 0 saturated carbocycles. The lowest BCUT2D eigenvalue weighted by Crippen LogP contribution is -2.61. The number of rotatable bonds is 18. The number of likely N-dealkylation sites (tertiary alicyclic amines) is 1. The van der Waals surface area contributed by atoms with Gasteiger partial charge in [0.15, 0.2) is 0 Å². The van der Waals surface area contributed by atoms with Crippen LogP contribution in [0.15, 0.2) is 24.3 Å². The molecule has 2 aliphatic heterocycles. The summed E-state index contributed by atoms with van der Waals surface area (Å²) >= 11 is 1.16. The summed E-state index contributed by atoms with van der Waals surface area (Å²) in [5, 5.41) is 17.6. The number of amides is 11. The first-order chi connectivity index (χ1) is 33.0. The molecule has 382 valence electrons. The molecule has 23 nitrogen and oxygen atoms in total. The molecule has 1 aromatic rings. The minimum atomic E-state index is -2.48. The quantitative estimate of drug-likeness (QED) is 0.0728. The van der Waals surface area contributed by atoms with E-state index in [1.807, 2.05) is 13.8 Å². The number of nitrogens with one attached hydrogen (secondary N) is 7. The number of ether oxygens (including phenoxy) is 1. The minimum Gasteiger partial charge on any atom is -0.497 e. The molecule has 7 unspecified atom stereocenters. The molecule has 69 heavy (non-hydrogen) atoms. The lowest BCUT2D eigenvalue weighted by atomic mass is 9.96. The summed E-state index contributed by atoms with van der Waals surface area (Å²) in [6, 6.07) is -4.18. The summed E-state index contributed by atoms with van der Waals surface area (Å²) in [6.45, 7) is 6.42. The lowest BCUT2D eigenvalue weighted by molar-refractivity contribution is -0.142. The van der Waals surface area contributed by atoms with Crippen molar-refractivity contribution >= 4 is 76.7 Å². The third-order valence-electron chi connectivity index (χ3n) is 11.4. The Balaban J connectivity index is 2.05. The molecular formula is C45H69N11O12S. The van der Waals surface area contributed by atoms with Crippen LogP contribution in [0.3, 0.4) is 0 Å². The number of methoxy groups -OCH3 is 1. The average molecular weight is 989 g/mol. The summed E-state index contributed by atoms with van der Waals surface area (Å²) in [5.41, 5.74) is 16.7. The van der Waals surface area contributed by atoms with Gasteiger partial charge in [0.1, 0.15) is 48.0 Å². The Hall–Kier alpha value is -6.46. The molecule has 0 bridgehead atoms. The molecule has 0 spiro atoms. The van der Waals surface area contributed by atoms with Gasteiger partial charge in [0.05, 0.1) is 21.4 Å². The maximum atomic E-state index is 14.5. The molecule has 2 saturated heterocycles. The predicted octanol–water partition coefficient (Wildman–Crippen LogP) is -2.50. The monoisotopic (exact) mass is 988 g/mol. The van der Waals surface area contributed by atoms with Crippen LogP contribution < -0.4 is 59.2 Å². The van der Waals surface area contributed by atoms with E-state index in [0.717, 1.165) is 11.8 Å². The second-order valence-corrected chi connectivity index (χ2v) is 18.6. The van der Waals surface area contributed by atoms with Crippen molar-refractivity contribution in [3.8, 4) is 5.75 Å². The normalized spacial score (nSPS) is 24.4. The van der Waals surface area contributed by atoms with E-state index >= 15 is 0 Å². The largest absolute Gasteiger partial charge is 0.497 e. The second-order valence-electron chi connectivity index (χ2n) is 17.5. The van der Waals surface area contributed by atoms with Crippen LogP contribution in [0.1, 0.15) is 92.4 Å². The maximum absolute atomic E-state index is 14.5. The van der Waals surface area contributed by atoms with Gasteiger partial charge in [0.2, 0.25) is 65.0 Å². The van der Waals surface area contributed by atoms with Crippen molar-refractivity contribution < 1.29 is 58.8 Å². The number of carbonyl (C=O) groups is 11. The highest BCUT2D eigenvalue weighted by Crippen LogP contribution is 2.22. The topological polar surface area (TPSA) is 363 Å². The van der Waals surface area contributed by atoms with E-state index in [2.05, 4.69) is 37.2 Å². The van der Waals surface area contributed by atoms with Gasteiger partial charge >= 0.3 is 0 Å². The van der Waals surface area contributed by atoms with E-state index in [1.165, 1.54) is 18.9 Å². The van der Waals surface area contributed by atoms with Gasteiger partial charge in [-0.05, 0) is 67.4 Å². The highest BCUT2D eigenvalue weighted by Gasteiger charge is 2.40. The summed E-state index contributed by atoms with van der Waals surface area (Å²) < 4.78 is 14.6. The number of hydrogen-bond acceptors (Lipinski definition) is 13. The summed E-state index contributed by atoms with van der Waals surface area (Å²) in [6.07, 6.45) is -0.820. The van der Waals surface area contributed by atoms with Crippen LogP contribution in [0.2, 0.25) is 0 Å². The number of primary amides is 3. The molecule has 0 radical (unpaired) electrons. The highest BCUT2D eigenvalue weighted by molar-refractivity contribution is 7.99. The van der Waals surface area contributed by atoms with E-state index in [9.17, 15) is 54.1 Å². The molecule has 13 N–H and O–H groups in total. The minimum absolute atomic E-state index is 0.0684. The summed E-state index contributed by atoms with van der Waals surface area (Å²) in [4.78, 5) is 148. The lowest BCUT2D eigenvalue weighted by Gasteiger charge is -2.31. The fraction of sp³-hybridized carbons (Fsp3) is 0.622. The van der Waals surface area contributed by atoms with Crippen LogP contribution in [0.4, 0.5) is 0 Å². The number of hydrogen-bond donors (Lipinski definition) is 10. The third kappa shape index (κ3) is 18.9. The van der Waals surface area contributed by atoms with E-state index < -0.39 is 139 Å². The zero-order valence-corrected chi connectivity index (χ0v) is 40.6. The fourth-order valence-corrected chi connectivity index (χ4v) is 8.51. The van der Waals surface area contributed by atoms with Crippen molar-refractivity contribution in [3.05, 3.63) is 29.8 Å². The molecule has 0 aliphatic carbocycles. The first-order valence-electron chi connectivity index (χ1n) is 23.5. The van der Waals surface area contributed by atoms with Crippen molar-refractivity contribution in [1.82, 2.24) is 42.1 Å². The van der Waals surface area contributed by atoms with Crippen molar-refractivity contribution in [2.45, 2.75) is 134 Å². The Morgan fingerprint density at radius 3 is 2.10 bits per heavy atom. The fourth-order valence-electron chi connectivity index (χ4n) is 7.53. The van der Waals surface area contributed by atoms with Gasteiger partial charge in [-0.3, -0.25) is 52.7 Å². The van der Waals surface area contributed by atoms with Crippen LogP contribution in [0, 0.1) is 11.8 Å². The third-order valence-corrected chi connectivity index (χ3v) is 12.6. The summed E-state index contributed by atoms with van der Waals surface area (Å²) in [5.74, 6) is -9.96. The van der Waals surface area contributed by atoms with Gasteiger partial charge in [0.25, 0.3) is 0 Å². The van der Waals surface area contributed by atoms with Gasteiger partial charge in [-0.2, -0.15) is 11.8 Å². The molecule has 24 heteroatoms. The van der Waals surface area contributed by atoms with Gasteiger partial charge in [-0.15, -0.1) is 0 Å². The molecular weight excluding hydrogens is 919 g/mol. The highest BCUT2D eigenvalue weighted by atomic mass is 32.2. The van der Waals surface area contributed by atoms with Gasteiger partial charge in [-0.1, -0.05) is 46.2 Å². The molecule has 0 aromatic heterocycles. The van der Waals surface area contributed by atoms with Crippen LogP contribution in [0.25, 0.3) is 0 Å². The first-order valence-corrected chi connectivity index (χ1v) is 24.1. The Bertz CT molecular complexity index is 2080. The van der Waals surface area contributed by atoms with E-state index in [4.69, 9.17) is 21.9 Å². The Morgan fingerprint density at radius 1 is 0.841 bits per heavy atom. The Labute approximate surface area is 407 Å². The van der Waals surface area contributed by atoms with Crippen LogP contribution >= 0.6 is 11.8 Å². The average Bonchev–Trinajstić information content (AvgIpc) is 3.80. The molecule has 1 aromatic carbocycles.